The summed E-state index contributed by atoms with van der Waals surface area (Å²) in [6.07, 6.45) is 0. The second-order valence-electron chi connectivity index (χ2n) is 15.5. The molecule has 14 rings (SSSR count). The zero-order chi connectivity index (χ0) is 55.8. The Labute approximate surface area is 390 Å². The minimum Gasteiger partial charge on any atom is -0.309 e. The van der Waals surface area contributed by atoms with E-state index in [-0.39, 0.29) is 60.8 Å². The van der Waals surface area contributed by atoms with Crippen LogP contribution in [0.15, 0.2) is 224 Å². The quantitative estimate of drug-likeness (QED) is 0.170. The fourth-order valence-electron chi connectivity index (χ4n) is 9.73. The normalized spacial score (nSPS) is 15.6. The van der Waals surface area contributed by atoms with E-state index < -0.39 is 96.7 Å². The molecule has 0 fully saturated rings. The molecular weight excluding hydrogens is 779 g/mol. The third-order valence-corrected chi connectivity index (χ3v) is 12.3. The predicted molar refractivity (Wildman–Crippen MR) is 267 cm³/mol. The maximum atomic E-state index is 9.55. The lowest BCUT2D eigenvalue weighted by Crippen LogP contribution is -2.07. The Morgan fingerprint density at radius 3 is 1.08 bits per heavy atom. The van der Waals surface area contributed by atoms with Crippen molar-refractivity contribution in [3.8, 4) is 34.1 Å². The Hall–Kier alpha value is -8.67. The molecular formula is C59H37N5. The molecule has 0 atom stereocenters. The van der Waals surface area contributed by atoms with Gasteiger partial charge in [-0.15, -0.1) is 0 Å². The van der Waals surface area contributed by atoms with Gasteiger partial charge in [-0.1, -0.05) is 151 Å². The van der Waals surface area contributed by atoms with Crippen molar-refractivity contribution < 1.29 is 21.9 Å². The molecule has 0 radical (unpaired) electrons. The third kappa shape index (κ3) is 4.86. The van der Waals surface area contributed by atoms with Gasteiger partial charge in [-0.05, 0) is 66.6 Å². The molecule has 5 heterocycles. The van der Waals surface area contributed by atoms with E-state index in [2.05, 4.69) is 9.13 Å². The van der Waals surface area contributed by atoms with Crippen molar-refractivity contribution in [1.29, 1.82) is 0 Å². The number of aromatic nitrogens is 5. The SMILES string of the molecule is [2H]c1c([2H])c([2H])c2c(c1[2H])c1c([2H])c([2H])c([2H])c([2H])c1n2-c1cc(-c2c(-n3c4ccccc4c4ccccc43)cccc2-n2c3ccccc3c3ccccc32)nc(-n2c3c([2H])c([2H])c([2H])c([2H])c3c3c([2H])c([2H])c([2H])c([2H])c32)c1. The van der Waals surface area contributed by atoms with Crippen LogP contribution in [0.3, 0.4) is 0 Å². The fourth-order valence-corrected chi connectivity index (χ4v) is 9.73. The molecule has 0 unspecified atom stereocenters. The Morgan fingerprint density at radius 2 is 0.672 bits per heavy atom. The fraction of sp³-hybridized carbons (Fsp3) is 0. The highest BCUT2D eigenvalue weighted by Crippen LogP contribution is 2.44. The first kappa shape index (κ1) is 23.0. The number of fused-ring (bicyclic) bond motifs is 12. The Bertz CT molecular complexity index is 4600. The van der Waals surface area contributed by atoms with Gasteiger partial charge in [0.15, 0.2) is 0 Å². The van der Waals surface area contributed by atoms with E-state index in [0.717, 1.165) is 43.6 Å². The number of benzene rings is 9. The predicted octanol–water partition coefficient (Wildman–Crippen LogP) is 15.1. The molecule has 0 saturated carbocycles. The highest BCUT2D eigenvalue weighted by molar-refractivity contribution is 6.13. The van der Waals surface area contributed by atoms with Crippen molar-refractivity contribution in [1.82, 2.24) is 23.3 Å². The number of rotatable bonds is 5. The minimum absolute atomic E-state index is 0.00179. The number of para-hydroxylation sites is 8. The van der Waals surface area contributed by atoms with Crippen LogP contribution in [-0.2, 0) is 0 Å². The Morgan fingerprint density at radius 1 is 0.312 bits per heavy atom. The largest absolute Gasteiger partial charge is 0.309 e. The van der Waals surface area contributed by atoms with Crippen molar-refractivity contribution >= 4 is 87.2 Å². The molecule has 298 valence electrons. The van der Waals surface area contributed by atoms with Crippen molar-refractivity contribution in [3.05, 3.63) is 224 Å². The third-order valence-electron chi connectivity index (χ3n) is 12.3. The van der Waals surface area contributed by atoms with Crippen LogP contribution in [0.1, 0.15) is 21.9 Å². The van der Waals surface area contributed by atoms with Crippen LogP contribution in [0.4, 0.5) is 0 Å². The Balaban J connectivity index is 1.26. The molecule has 0 aliphatic rings. The van der Waals surface area contributed by atoms with E-state index in [1.807, 2.05) is 115 Å². The molecule has 5 nitrogen and oxygen atoms in total. The summed E-state index contributed by atoms with van der Waals surface area (Å²) in [6.45, 7) is 0. The summed E-state index contributed by atoms with van der Waals surface area (Å²) in [5.41, 5.74) is 4.05. The lowest BCUT2D eigenvalue weighted by molar-refractivity contribution is 1.05. The van der Waals surface area contributed by atoms with E-state index in [9.17, 15) is 11.0 Å². The van der Waals surface area contributed by atoms with Crippen LogP contribution < -0.4 is 0 Å². The van der Waals surface area contributed by atoms with Crippen LogP contribution in [0.5, 0.6) is 0 Å². The van der Waals surface area contributed by atoms with Gasteiger partial charge in [-0.3, -0.25) is 4.57 Å². The van der Waals surface area contributed by atoms with Gasteiger partial charge >= 0.3 is 0 Å². The van der Waals surface area contributed by atoms with Gasteiger partial charge in [-0.2, -0.15) is 0 Å². The molecule has 5 aromatic heterocycles. The van der Waals surface area contributed by atoms with Crippen LogP contribution in [0.25, 0.3) is 121 Å². The maximum Gasteiger partial charge on any atom is 0.140 e. The van der Waals surface area contributed by atoms with Crippen molar-refractivity contribution in [3.63, 3.8) is 0 Å². The minimum atomic E-state index is -0.669. The molecule has 0 aliphatic heterocycles. The van der Waals surface area contributed by atoms with Gasteiger partial charge in [0.2, 0.25) is 0 Å². The smallest absolute Gasteiger partial charge is 0.140 e. The Kier molecular flexibility index (Phi) is 4.81. The van der Waals surface area contributed by atoms with Gasteiger partial charge in [0.1, 0.15) is 5.82 Å². The summed E-state index contributed by atoms with van der Waals surface area (Å²) in [7, 11) is 0. The first-order chi connectivity index (χ1) is 38.4. The second kappa shape index (κ2) is 13.4. The van der Waals surface area contributed by atoms with Gasteiger partial charge in [-0.25, -0.2) is 4.98 Å². The van der Waals surface area contributed by atoms with Gasteiger partial charge in [0.25, 0.3) is 0 Å². The summed E-state index contributed by atoms with van der Waals surface area (Å²) < 4.78 is 153. The molecule has 14 aromatic rings. The maximum absolute atomic E-state index is 9.55. The van der Waals surface area contributed by atoms with E-state index >= 15 is 0 Å². The topological polar surface area (TPSA) is 32.6 Å². The molecule has 5 heteroatoms. The van der Waals surface area contributed by atoms with Gasteiger partial charge < -0.3 is 13.7 Å². The van der Waals surface area contributed by atoms with Gasteiger partial charge in [0.05, 0.1) is 88.8 Å². The van der Waals surface area contributed by atoms with Crippen molar-refractivity contribution in [2.75, 3.05) is 0 Å². The molecule has 0 spiro atoms. The van der Waals surface area contributed by atoms with Crippen LogP contribution >= 0.6 is 0 Å². The van der Waals surface area contributed by atoms with E-state index in [4.69, 9.17) is 16.0 Å². The highest BCUT2D eigenvalue weighted by Gasteiger charge is 2.25. The van der Waals surface area contributed by atoms with Crippen molar-refractivity contribution in [2.45, 2.75) is 0 Å². The summed E-state index contributed by atoms with van der Waals surface area (Å²) in [5, 5.41) is 2.89. The second-order valence-corrected chi connectivity index (χ2v) is 15.5. The number of hydrogen-bond acceptors (Lipinski definition) is 1. The molecule has 0 aliphatic carbocycles. The zero-order valence-corrected chi connectivity index (χ0v) is 33.4. The lowest BCUT2D eigenvalue weighted by atomic mass is 10.0. The standard InChI is InChI=1S/C59H37N5/c1-9-26-48-39(18-1)40-19-2-10-27-49(40)61(48)38-36-47(60-58(37-38)64-54-32-15-7-24-45(54)46-25-8-16-33-55(46)64)59-56(62-50-28-11-3-20-41(50)42-21-4-12-29-51(42)62)34-17-35-57(59)63-52-30-13-5-22-43(52)44-23-6-14-31-53(44)63/h1-37H/i1D,2D,7D,8D,9D,10D,15D,16D,18D,19D,24D,25D,26D,27D,32D,33D. The first-order valence-corrected chi connectivity index (χ1v) is 20.6. The number of nitrogens with zero attached hydrogens (tertiary/aromatic N) is 5. The average Bonchev–Trinajstić information content (AvgIpc) is 4.37. The highest BCUT2D eigenvalue weighted by atomic mass is 15.1. The van der Waals surface area contributed by atoms with E-state index in [1.54, 1.807) is 6.07 Å². The number of hydrogen-bond donors (Lipinski definition) is 0. The van der Waals surface area contributed by atoms with Crippen LogP contribution in [0, 0.1) is 0 Å². The van der Waals surface area contributed by atoms with Crippen LogP contribution in [0.2, 0.25) is 0 Å². The lowest BCUT2D eigenvalue weighted by Gasteiger charge is -2.21. The summed E-state index contributed by atoms with van der Waals surface area (Å²) in [4.78, 5) is 5.48. The molecule has 0 bridgehead atoms. The molecule has 0 amide bonds. The first-order valence-electron chi connectivity index (χ1n) is 28.6. The summed E-state index contributed by atoms with van der Waals surface area (Å²) in [5.74, 6) is -0.186. The van der Waals surface area contributed by atoms with Crippen LogP contribution in [-0.4, -0.2) is 23.3 Å². The molecule has 9 aromatic carbocycles. The summed E-state index contributed by atoms with van der Waals surface area (Å²) >= 11 is 0. The van der Waals surface area contributed by atoms with Crippen molar-refractivity contribution in [2.24, 2.45) is 0 Å². The average molecular weight is 832 g/mol. The molecule has 0 N–H and O–H groups in total. The summed E-state index contributed by atoms with van der Waals surface area (Å²) in [6, 6.07) is 30.6. The monoisotopic (exact) mass is 831 g/mol. The molecule has 64 heavy (non-hydrogen) atoms. The zero-order valence-electron chi connectivity index (χ0n) is 49.4. The van der Waals surface area contributed by atoms with E-state index in [0.29, 0.717) is 16.9 Å². The molecule has 0 saturated heterocycles. The number of pyridine rings is 1. The van der Waals surface area contributed by atoms with Gasteiger partial charge in [0, 0.05) is 54.7 Å². The van der Waals surface area contributed by atoms with E-state index in [1.165, 1.54) is 15.2 Å².